The van der Waals surface area contributed by atoms with Gasteiger partial charge in [-0.15, -0.1) is 0 Å². The fourth-order valence-corrected chi connectivity index (χ4v) is 1.27. The number of rotatable bonds is 5. The topological polar surface area (TPSA) is 57.9 Å². The maximum atomic E-state index is 8.87. The third-order valence-electron chi connectivity index (χ3n) is 2.13. The number of aromatic nitrogens is 1. The fourth-order valence-electron chi connectivity index (χ4n) is 1.27. The number of hydrogen-bond acceptors (Lipinski definition) is 4. The van der Waals surface area contributed by atoms with Crippen LogP contribution in [-0.4, -0.2) is 24.7 Å². The molecule has 1 N–H and O–H groups in total. The van der Waals surface area contributed by atoms with Crippen molar-refractivity contribution in [2.24, 2.45) is 0 Å². The van der Waals surface area contributed by atoms with Gasteiger partial charge in [0.05, 0.1) is 18.2 Å². The molecule has 0 spiro atoms. The van der Waals surface area contributed by atoms with Crippen molar-refractivity contribution in [2.45, 2.75) is 19.4 Å². The predicted octanol–water partition coefficient (Wildman–Crippen LogP) is 1.79. The number of methoxy groups -OCH3 is 1. The van der Waals surface area contributed by atoms with Gasteiger partial charge in [0.1, 0.15) is 11.9 Å². The third-order valence-corrected chi connectivity index (χ3v) is 2.13. The van der Waals surface area contributed by atoms with E-state index in [-0.39, 0.29) is 6.04 Å². The molecule has 0 radical (unpaired) electrons. The normalized spacial score (nSPS) is 11.8. The summed E-state index contributed by atoms with van der Waals surface area (Å²) < 4.78 is 5.07. The molecule has 1 heterocycles. The standard InChI is InChI=1S/C11H15N3O/c1-3-10(8-15-2)14-11-9(7-12)5-4-6-13-11/h4-6,10H,3,8H2,1-2H3,(H,13,14). The summed E-state index contributed by atoms with van der Waals surface area (Å²) in [4.78, 5) is 4.13. The van der Waals surface area contributed by atoms with Crippen LogP contribution in [0, 0.1) is 11.3 Å². The van der Waals surface area contributed by atoms with Crippen LogP contribution in [0.3, 0.4) is 0 Å². The first-order valence-electron chi connectivity index (χ1n) is 4.92. The summed E-state index contributed by atoms with van der Waals surface area (Å²) in [6, 6.07) is 5.79. The Morgan fingerprint density at radius 3 is 3.07 bits per heavy atom. The number of pyridine rings is 1. The zero-order valence-electron chi connectivity index (χ0n) is 9.03. The van der Waals surface area contributed by atoms with Crippen LogP contribution in [0.4, 0.5) is 5.82 Å². The molecule has 0 saturated carbocycles. The number of hydrogen-bond donors (Lipinski definition) is 1. The highest BCUT2D eigenvalue weighted by atomic mass is 16.5. The van der Waals surface area contributed by atoms with Crippen molar-refractivity contribution in [2.75, 3.05) is 19.0 Å². The monoisotopic (exact) mass is 205 g/mol. The molecule has 0 saturated heterocycles. The molecule has 1 unspecified atom stereocenters. The molecule has 0 aliphatic heterocycles. The van der Waals surface area contributed by atoms with Crippen LogP contribution >= 0.6 is 0 Å². The summed E-state index contributed by atoms with van der Waals surface area (Å²) >= 11 is 0. The van der Waals surface area contributed by atoms with Crippen LogP contribution in [0.1, 0.15) is 18.9 Å². The average Bonchev–Trinajstić information content (AvgIpc) is 2.29. The van der Waals surface area contributed by atoms with Crippen molar-refractivity contribution in [1.82, 2.24) is 4.98 Å². The lowest BCUT2D eigenvalue weighted by Crippen LogP contribution is -2.24. The predicted molar refractivity (Wildman–Crippen MR) is 58.5 cm³/mol. The van der Waals surface area contributed by atoms with Gasteiger partial charge in [0.25, 0.3) is 0 Å². The van der Waals surface area contributed by atoms with E-state index in [1.165, 1.54) is 0 Å². The largest absolute Gasteiger partial charge is 0.383 e. The lowest BCUT2D eigenvalue weighted by atomic mass is 10.2. The smallest absolute Gasteiger partial charge is 0.144 e. The quantitative estimate of drug-likeness (QED) is 0.796. The van der Waals surface area contributed by atoms with Gasteiger partial charge in [-0.05, 0) is 18.6 Å². The zero-order chi connectivity index (χ0) is 11.1. The highest BCUT2D eigenvalue weighted by molar-refractivity contribution is 5.51. The number of anilines is 1. The van der Waals surface area contributed by atoms with Crippen LogP contribution in [0.2, 0.25) is 0 Å². The zero-order valence-corrected chi connectivity index (χ0v) is 9.03. The van der Waals surface area contributed by atoms with Crippen LogP contribution in [-0.2, 0) is 4.74 Å². The molecule has 0 amide bonds. The molecule has 0 bridgehead atoms. The number of nitriles is 1. The first-order valence-corrected chi connectivity index (χ1v) is 4.92. The third kappa shape index (κ3) is 3.22. The molecule has 4 heteroatoms. The highest BCUT2D eigenvalue weighted by Crippen LogP contribution is 2.12. The molecule has 80 valence electrons. The van der Waals surface area contributed by atoms with Gasteiger partial charge in [0, 0.05) is 13.3 Å². The van der Waals surface area contributed by atoms with Crippen molar-refractivity contribution in [3.63, 3.8) is 0 Å². The molecule has 1 aromatic heterocycles. The van der Waals surface area contributed by atoms with E-state index >= 15 is 0 Å². The summed E-state index contributed by atoms with van der Waals surface area (Å²) in [5, 5.41) is 12.1. The molecule has 0 fully saturated rings. The van der Waals surface area contributed by atoms with Crippen LogP contribution in [0.5, 0.6) is 0 Å². The Balaban J connectivity index is 2.74. The molecule has 1 rings (SSSR count). The van der Waals surface area contributed by atoms with E-state index < -0.39 is 0 Å². The molecule has 1 atom stereocenters. The molecular weight excluding hydrogens is 190 g/mol. The Labute approximate surface area is 89.9 Å². The Hall–Kier alpha value is -1.60. The summed E-state index contributed by atoms with van der Waals surface area (Å²) in [5.74, 6) is 0.629. The average molecular weight is 205 g/mol. The Morgan fingerprint density at radius 1 is 1.67 bits per heavy atom. The van der Waals surface area contributed by atoms with E-state index in [0.29, 0.717) is 18.0 Å². The second-order valence-corrected chi connectivity index (χ2v) is 3.22. The van der Waals surface area contributed by atoms with Gasteiger partial charge in [-0.25, -0.2) is 4.98 Å². The number of nitrogens with zero attached hydrogens (tertiary/aromatic N) is 2. The molecule has 15 heavy (non-hydrogen) atoms. The van der Waals surface area contributed by atoms with E-state index in [0.717, 1.165) is 6.42 Å². The van der Waals surface area contributed by atoms with E-state index in [1.54, 1.807) is 25.4 Å². The van der Waals surface area contributed by atoms with Gasteiger partial charge in [-0.1, -0.05) is 6.92 Å². The van der Waals surface area contributed by atoms with Gasteiger partial charge in [-0.2, -0.15) is 5.26 Å². The minimum atomic E-state index is 0.192. The first-order chi connectivity index (χ1) is 7.31. The van der Waals surface area contributed by atoms with Crippen molar-refractivity contribution in [1.29, 1.82) is 5.26 Å². The molecule has 4 nitrogen and oxygen atoms in total. The van der Waals surface area contributed by atoms with Crippen LogP contribution < -0.4 is 5.32 Å². The number of nitrogens with one attached hydrogen (secondary N) is 1. The molecule has 0 aromatic carbocycles. The lowest BCUT2D eigenvalue weighted by Gasteiger charge is -2.16. The van der Waals surface area contributed by atoms with E-state index in [2.05, 4.69) is 23.3 Å². The summed E-state index contributed by atoms with van der Waals surface area (Å²) in [6.45, 7) is 2.67. The van der Waals surface area contributed by atoms with E-state index in [4.69, 9.17) is 10.00 Å². The van der Waals surface area contributed by atoms with E-state index in [9.17, 15) is 0 Å². The van der Waals surface area contributed by atoms with Crippen molar-refractivity contribution < 1.29 is 4.74 Å². The van der Waals surface area contributed by atoms with Crippen molar-refractivity contribution >= 4 is 5.82 Å². The second kappa shape index (κ2) is 5.99. The Bertz CT molecular complexity index is 346. The molecule has 1 aromatic rings. The maximum Gasteiger partial charge on any atom is 0.144 e. The maximum absolute atomic E-state index is 8.87. The van der Waals surface area contributed by atoms with Gasteiger partial charge in [-0.3, -0.25) is 0 Å². The van der Waals surface area contributed by atoms with Crippen LogP contribution in [0.15, 0.2) is 18.3 Å². The second-order valence-electron chi connectivity index (χ2n) is 3.22. The molecule has 0 aliphatic carbocycles. The molecular formula is C11H15N3O. The Morgan fingerprint density at radius 2 is 2.47 bits per heavy atom. The summed E-state index contributed by atoms with van der Waals surface area (Å²) in [6.07, 6.45) is 2.60. The molecule has 0 aliphatic rings. The van der Waals surface area contributed by atoms with E-state index in [1.807, 2.05) is 0 Å². The van der Waals surface area contributed by atoms with Crippen LogP contribution in [0.25, 0.3) is 0 Å². The van der Waals surface area contributed by atoms with Crippen molar-refractivity contribution in [3.05, 3.63) is 23.9 Å². The minimum Gasteiger partial charge on any atom is -0.383 e. The van der Waals surface area contributed by atoms with Crippen molar-refractivity contribution in [3.8, 4) is 6.07 Å². The summed E-state index contributed by atoms with van der Waals surface area (Å²) in [5.41, 5.74) is 0.562. The first kappa shape index (κ1) is 11.5. The Kier molecular flexibility index (Phi) is 4.58. The SMILES string of the molecule is CCC(COC)Nc1ncccc1C#N. The van der Waals surface area contributed by atoms with Gasteiger partial charge in [0.15, 0.2) is 0 Å². The lowest BCUT2D eigenvalue weighted by molar-refractivity contribution is 0.184. The minimum absolute atomic E-state index is 0.192. The van der Waals surface area contributed by atoms with Gasteiger partial charge < -0.3 is 10.1 Å². The fraction of sp³-hybridized carbons (Fsp3) is 0.455. The number of ether oxygens (including phenoxy) is 1. The highest BCUT2D eigenvalue weighted by Gasteiger charge is 2.08. The van der Waals surface area contributed by atoms with Gasteiger partial charge in [0.2, 0.25) is 0 Å². The van der Waals surface area contributed by atoms with Gasteiger partial charge >= 0.3 is 0 Å². The summed E-state index contributed by atoms with van der Waals surface area (Å²) in [7, 11) is 1.66.